The molecule has 4 heteroatoms. The van der Waals surface area contributed by atoms with Gasteiger partial charge in [0.15, 0.2) is 0 Å². The number of rotatable bonds is 4. The molecular formula is C16H22N4. The molecular weight excluding hydrogens is 248 g/mol. The largest absolute Gasteiger partial charge is 0.384 e. The Morgan fingerprint density at radius 1 is 1.15 bits per heavy atom. The maximum Gasteiger partial charge on any atom is 0.121 e. The van der Waals surface area contributed by atoms with Crippen LogP contribution in [0.1, 0.15) is 18.4 Å². The highest BCUT2D eigenvalue weighted by Crippen LogP contribution is 2.20. The van der Waals surface area contributed by atoms with Crippen LogP contribution in [0.4, 0.5) is 5.82 Å². The van der Waals surface area contributed by atoms with Crippen molar-refractivity contribution >= 4 is 5.82 Å². The van der Waals surface area contributed by atoms with Crippen LogP contribution in [-0.4, -0.2) is 34.3 Å². The van der Waals surface area contributed by atoms with Gasteiger partial charge in [-0.05, 0) is 37.9 Å². The first-order chi connectivity index (χ1) is 9.72. The van der Waals surface area contributed by atoms with Gasteiger partial charge in [-0.3, -0.25) is 4.68 Å². The molecule has 1 aliphatic rings. The Balaban J connectivity index is 1.64. The summed E-state index contributed by atoms with van der Waals surface area (Å²) in [4.78, 5) is 2.55. The van der Waals surface area contributed by atoms with Crippen LogP contribution in [0.25, 0.3) is 11.3 Å². The van der Waals surface area contributed by atoms with E-state index in [-0.39, 0.29) is 0 Å². The Morgan fingerprint density at radius 2 is 1.85 bits per heavy atom. The lowest BCUT2D eigenvalue weighted by Gasteiger charge is -2.14. The smallest absolute Gasteiger partial charge is 0.121 e. The van der Waals surface area contributed by atoms with Crippen LogP contribution in [0.15, 0.2) is 30.3 Å². The number of nitrogens with two attached hydrogens (primary N) is 1. The summed E-state index contributed by atoms with van der Waals surface area (Å²) < 4.78 is 1.70. The number of nitrogen functional groups attached to an aromatic ring is 1. The van der Waals surface area contributed by atoms with Crippen molar-refractivity contribution in [3.63, 3.8) is 0 Å². The molecule has 0 amide bonds. The summed E-state index contributed by atoms with van der Waals surface area (Å²) in [6.45, 7) is 3.71. The summed E-state index contributed by atoms with van der Waals surface area (Å²) in [6, 6.07) is 10.6. The second-order valence-corrected chi connectivity index (χ2v) is 5.57. The molecule has 0 radical (unpaired) electrons. The first-order valence-electron chi connectivity index (χ1n) is 7.33. The van der Waals surface area contributed by atoms with Gasteiger partial charge < -0.3 is 10.6 Å². The molecule has 0 bridgehead atoms. The van der Waals surface area contributed by atoms with E-state index in [1.165, 1.54) is 38.0 Å². The Labute approximate surface area is 120 Å². The third-order valence-electron chi connectivity index (χ3n) is 4.08. The van der Waals surface area contributed by atoms with Crippen molar-refractivity contribution in [1.82, 2.24) is 14.7 Å². The number of likely N-dealkylation sites (tertiary alicyclic amines) is 1. The second-order valence-electron chi connectivity index (χ2n) is 5.57. The average molecular weight is 270 g/mol. The van der Waals surface area contributed by atoms with Crippen LogP contribution < -0.4 is 5.73 Å². The molecule has 1 saturated heterocycles. The van der Waals surface area contributed by atoms with Crippen LogP contribution in [-0.2, 0) is 13.5 Å². The van der Waals surface area contributed by atoms with E-state index in [0.717, 1.165) is 17.7 Å². The van der Waals surface area contributed by atoms with Crippen LogP contribution in [0.2, 0.25) is 0 Å². The molecule has 1 aliphatic heterocycles. The molecule has 0 unspecified atom stereocenters. The Hall–Kier alpha value is -1.81. The molecule has 2 heterocycles. The molecule has 20 heavy (non-hydrogen) atoms. The molecule has 3 rings (SSSR count). The van der Waals surface area contributed by atoms with Gasteiger partial charge in [0.2, 0.25) is 0 Å². The van der Waals surface area contributed by atoms with Gasteiger partial charge in [-0.2, -0.15) is 5.10 Å². The third-order valence-corrected chi connectivity index (χ3v) is 4.08. The maximum absolute atomic E-state index is 5.82. The summed E-state index contributed by atoms with van der Waals surface area (Å²) in [5.74, 6) is 0.693. The van der Waals surface area contributed by atoms with Gasteiger partial charge in [-0.1, -0.05) is 24.3 Å². The lowest BCUT2D eigenvalue weighted by atomic mass is 10.1. The highest BCUT2D eigenvalue weighted by atomic mass is 15.3. The van der Waals surface area contributed by atoms with Crippen molar-refractivity contribution in [1.29, 1.82) is 0 Å². The minimum absolute atomic E-state index is 0.693. The fraction of sp³-hybridized carbons (Fsp3) is 0.438. The molecule has 1 fully saturated rings. The van der Waals surface area contributed by atoms with E-state index in [4.69, 9.17) is 5.73 Å². The zero-order valence-electron chi connectivity index (χ0n) is 12.0. The Kier molecular flexibility index (Phi) is 3.74. The van der Waals surface area contributed by atoms with Crippen LogP contribution in [0.5, 0.6) is 0 Å². The number of aromatic nitrogens is 2. The van der Waals surface area contributed by atoms with Gasteiger partial charge in [-0.15, -0.1) is 0 Å². The lowest BCUT2D eigenvalue weighted by molar-refractivity contribution is 0.343. The molecule has 0 atom stereocenters. The minimum atomic E-state index is 0.693. The summed E-state index contributed by atoms with van der Waals surface area (Å²) in [6.07, 6.45) is 3.85. The monoisotopic (exact) mass is 270 g/mol. The molecule has 2 aromatic rings. The van der Waals surface area contributed by atoms with E-state index < -0.39 is 0 Å². The maximum atomic E-state index is 5.82. The molecule has 0 saturated carbocycles. The normalized spacial score (nSPS) is 15.8. The third kappa shape index (κ3) is 2.85. The molecule has 4 nitrogen and oxygen atoms in total. The minimum Gasteiger partial charge on any atom is -0.384 e. The highest BCUT2D eigenvalue weighted by molar-refractivity contribution is 5.62. The van der Waals surface area contributed by atoms with Crippen molar-refractivity contribution < 1.29 is 0 Å². The summed E-state index contributed by atoms with van der Waals surface area (Å²) in [5, 5.41) is 4.40. The van der Waals surface area contributed by atoms with Gasteiger partial charge in [0.25, 0.3) is 0 Å². The second kappa shape index (κ2) is 5.67. The number of hydrogen-bond donors (Lipinski definition) is 1. The molecule has 1 aromatic heterocycles. The van der Waals surface area contributed by atoms with Crippen molar-refractivity contribution in [3.8, 4) is 11.3 Å². The van der Waals surface area contributed by atoms with Gasteiger partial charge in [-0.25, -0.2) is 0 Å². The van der Waals surface area contributed by atoms with Crippen molar-refractivity contribution in [2.24, 2.45) is 7.05 Å². The zero-order chi connectivity index (χ0) is 13.9. The van der Waals surface area contributed by atoms with Gasteiger partial charge in [0.1, 0.15) is 5.82 Å². The molecule has 106 valence electrons. The number of hydrogen-bond acceptors (Lipinski definition) is 3. The van der Waals surface area contributed by atoms with E-state index in [1.54, 1.807) is 4.68 Å². The van der Waals surface area contributed by atoms with Gasteiger partial charge in [0.05, 0.1) is 5.69 Å². The van der Waals surface area contributed by atoms with E-state index in [0.29, 0.717) is 5.82 Å². The fourth-order valence-corrected chi connectivity index (χ4v) is 2.76. The van der Waals surface area contributed by atoms with E-state index in [1.807, 2.05) is 13.1 Å². The van der Waals surface area contributed by atoms with Gasteiger partial charge >= 0.3 is 0 Å². The molecule has 0 aliphatic carbocycles. The average Bonchev–Trinajstić information content (AvgIpc) is 3.08. The van der Waals surface area contributed by atoms with Crippen LogP contribution in [0.3, 0.4) is 0 Å². The number of aryl methyl sites for hydroxylation is 1. The summed E-state index contributed by atoms with van der Waals surface area (Å²) in [7, 11) is 1.86. The molecule has 0 spiro atoms. The number of anilines is 1. The van der Waals surface area contributed by atoms with Crippen molar-refractivity contribution in [2.45, 2.75) is 19.3 Å². The van der Waals surface area contributed by atoms with E-state index in [2.05, 4.69) is 34.3 Å². The topological polar surface area (TPSA) is 47.1 Å². The quantitative estimate of drug-likeness (QED) is 0.927. The molecule has 2 N–H and O–H groups in total. The fourth-order valence-electron chi connectivity index (χ4n) is 2.76. The first kappa shape index (κ1) is 13.2. The summed E-state index contributed by atoms with van der Waals surface area (Å²) >= 11 is 0. The van der Waals surface area contributed by atoms with Crippen LogP contribution in [0, 0.1) is 0 Å². The number of nitrogens with zero attached hydrogens (tertiary/aromatic N) is 3. The standard InChI is InChI=1S/C16H22N4/c1-19-16(17)12-15(18-19)14-6-4-13(5-7-14)8-11-20-9-2-3-10-20/h4-7,12H,2-3,8-11,17H2,1H3. The number of benzene rings is 1. The Morgan fingerprint density at radius 3 is 2.45 bits per heavy atom. The highest BCUT2D eigenvalue weighted by Gasteiger charge is 2.11. The predicted octanol–water partition coefficient (Wildman–Crippen LogP) is 2.31. The van der Waals surface area contributed by atoms with E-state index in [9.17, 15) is 0 Å². The molecule has 1 aromatic carbocycles. The lowest BCUT2D eigenvalue weighted by Crippen LogP contribution is -2.21. The Bertz CT molecular complexity index is 545. The van der Waals surface area contributed by atoms with Crippen LogP contribution >= 0.6 is 0 Å². The zero-order valence-corrected chi connectivity index (χ0v) is 12.0. The van der Waals surface area contributed by atoms with Crippen molar-refractivity contribution in [3.05, 3.63) is 35.9 Å². The van der Waals surface area contributed by atoms with E-state index >= 15 is 0 Å². The summed E-state index contributed by atoms with van der Waals surface area (Å²) in [5.41, 5.74) is 9.28. The van der Waals surface area contributed by atoms with Crippen molar-refractivity contribution in [2.75, 3.05) is 25.4 Å². The predicted molar refractivity (Wildman–Crippen MR) is 82.4 cm³/mol. The SMILES string of the molecule is Cn1nc(-c2ccc(CCN3CCCC3)cc2)cc1N. The first-order valence-corrected chi connectivity index (χ1v) is 7.33. The van der Waals surface area contributed by atoms with Gasteiger partial charge in [0, 0.05) is 25.2 Å².